The quantitative estimate of drug-likeness (QED) is 0.875. The minimum absolute atomic E-state index is 0.593. The first-order valence-corrected chi connectivity index (χ1v) is 5.68. The number of nitrogens with two attached hydrogens (primary N) is 1. The van der Waals surface area contributed by atoms with Gasteiger partial charge in [0.1, 0.15) is 5.75 Å². The lowest BCUT2D eigenvalue weighted by Gasteiger charge is -2.09. The standard InChI is InChI=1S/C14H16N2O/c1-11-4-2-6-13(10-11)17-14-12(7-8-15)5-3-9-16-14/h2-6,9-10H,7-8,15H2,1H3. The van der Waals surface area contributed by atoms with Gasteiger partial charge in [0.15, 0.2) is 0 Å². The summed E-state index contributed by atoms with van der Waals surface area (Å²) in [5.74, 6) is 1.45. The molecule has 0 spiro atoms. The average Bonchev–Trinajstić information content (AvgIpc) is 2.32. The zero-order chi connectivity index (χ0) is 12.1. The normalized spacial score (nSPS) is 10.2. The number of aryl methyl sites for hydroxylation is 1. The maximum absolute atomic E-state index is 5.78. The van der Waals surface area contributed by atoms with E-state index in [0.717, 1.165) is 17.7 Å². The molecule has 0 aliphatic rings. The molecule has 0 unspecified atom stereocenters. The van der Waals surface area contributed by atoms with Crippen LogP contribution < -0.4 is 10.5 Å². The first kappa shape index (κ1) is 11.6. The Kier molecular flexibility index (Phi) is 3.73. The van der Waals surface area contributed by atoms with Gasteiger partial charge in [-0.1, -0.05) is 18.2 Å². The second-order valence-corrected chi connectivity index (χ2v) is 3.92. The van der Waals surface area contributed by atoms with Crippen LogP contribution >= 0.6 is 0 Å². The third-order valence-corrected chi connectivity index (χ3v) is 2.47. The van der Waals surface area contributed by atoms with E-state index in [-0.39, 0.29) is 0 Å². The van der Waals surface area contributed by atoms with Crippen LogP contribution in [0.3, 0.4) is 0 Å². The fraction of sp³-hybridized carbons (Fsp3) is 0.214. The summed E-state index contributed by atoms with van der Waals surface area (Å²) in [6.07, 6.45) is 2.50. The largest absolute Gasteiger partial charge is 0.439 e. The summed E-state index contributed by atoms with van der Waals surface area (Å²) in [5, 5.41) is 0. The van der Waals surface area contributed by atoms with Gasteiger partial charge < -0.3 is 10.5 Å². The lowest BCUT2D eigenvalue weighted by molar-refractivity contribution is 0.456. The molecule has 0 atom stereocenters. The molecule has 0 bridgehead atoms. The molecule has 0 radical (unpaired) electrons. The van der Waals surface area contributed by atoms with Crippen LogP contribution in [-0.4, -0.2) is 11.5 Å². The van der Waals surface area contributed by atoms with E-state index in [0.29, 0.717) is 12.4 Å². The molecule has 3 heteroatoms. The van der Waals surface area contributed by atoms with Crippen molar-refractivity contribution in [2.24, 2.45) is 5.73 Å². The first-order valence-electron chi connectivity index (χ1n) is 5.68. The maximum Gasteiger partial charge on any atom is 0.222 e. The molecule has 0 saturated heterocycles. The van der Waals surface area contributed by atoms with Gasteiger partial charge in [0.25, 0.3) is 0 Å². The molecule has 88 valence electrons. The SMILES string of the molecule is Cc1cccc(Oc2ncccc2CCN)c1. The van der Waals surface area contributed by atoms with Gasteiger partial charge in [-0.15, -0.1) is 0 Å². The number of hydrogen-bond acceptors (Lipinski definition) is 3. The zero-order valence-corrected chi connectivity index (χ0v) is 9.89. The Labute approximate surface area is 101 Å². The molecule has 0 fully saturated rings. The molecular formula is C14H16N2O. The maximum atomic E-state index is 5.78. The molecule has 0 amide bonds. The number of ether oxygens (including phenoxy) is 1. The van der Waals surface area contributed by atoms with E-state index >= 15 is 0 Å². The highest BCUT2D eigenvalue weighted by atomic mass is 16.5. The molecule has 17 heavy (non-hydrogen) atoms. The van der Waals surface area contributed by atoms with E-state index in [9.17, 15) is 0 Å². The van der Waals surface area contributed by atoms with Gasteiger partial charge in [-0.2, -0.15) is 0 Å². The Morgan fingerprint density at radius 3 is 2.88 bits per heavy atom. The Bertz CT molecular complexity index is 497. The van der Waals surface area contributed by atoms with Crippen molar-refractivity contribution < 1.29 is 4.74 Å². The van der Waals surface area contributed by atoms with E-state index in [1.807, 2.05) is 43.3 Å². The molecule has 1 aromatic carbocycles. The highest BCUT2D eigenvalue weighted by Crippen LogP contribution is 2.23. The number of hydrogen-bond donors (Lipinski definition) is 1. The lowest BCUT2D eigenvalue weighted by atomic mass is 10.2. The summed E-state index contributed by atoms with van der Waals surface area (Å²) in [4.78, 5) is 4.24. The van der Waals surface area contributed by atoms with Crippen LogP contribution in [0.25, 0.3) is 0 Å². The van der Waals surface area contributed by atoms with Crippen molar-refractivity contribution in [3.8, 4) is 11.6 Å². The molecule has 2 N–H and O–H groups in total. The number of nitrogens with zero attached hydrogens (tertiary/aromatic N) is 1. The van der Waals surface area contributed by atoms with Gasteiger partial charge in [-0.05, 0) is 43.7 Å². The number of rotatable bonds is 4. The van der Waals surface area contributed by atoms with E-state index in [1.165, 1.54) is 5.56 Å². The van der Waals surface area contributed by atoms with E-state index in [2.05, 4.69) is 4.98 Å². The Morgan fingerprint density at radius 2 is 2.12 bits per heavy atom. The van der Waals surface area contributed by atoms with Gasteiger partial charge in [-0.3, -0.25) is 0 Å². The topological polar surface area (TPSA) is 48.1 Å². The predicted molar refractivity (Wildman–Crippen MR) is 68.2 cm³/mol. The zero-order valence-electron chi connectivity index (χ0n) is 9.89. The van der Waals surface area contributed by atoms with Crippen LogP contribution in [-0.2, 0) is 6.42 Å². The third-order valence-electron chi connectivity index (χ3n) is 2.47. The molecule has 0 aliphatic carbocycles. The summed E-state index contributed by atoms with van der Waals surface area (Å²) in [5.41, 5.74) is 7.77. The molecular weight excluding hydrogens is 212 g/mol. The molecule has 1 heterocycles. The Hall–Kier alpha value is -1.87. The van der Waals surface area contributed by atoms with Gasteiger partial charge in [0.2, 0.25) is 5.88 Å². The van der Waals surface area contributed by atoms with Crippen LogP contribution in [0.4, 0.5) is 0 Å². The third kappa shape index (κ3) is 3.04. The molecule has 2 rings (SSSR count). The first-order chi connectivity index (χ1) is 8.29. The van der Waals surface area contributed by atoms with Crippen molar-refractivity contribution in [1.82, 2.24) is 4.98 Å². The van der Waals surface area contributed by atoms with E-state index in [4.69, 9.17) is 10.5 Å². The summed E-state index contributed by atoms with van der Waals surface area (Å²) >= 11 is 0. The molecule has 3 nitrogen and oxygen atoms in total. The van der Waals surface area contributed by atoms with Crippen molar-refractivity contribution in [2.45, 2.75) is 13.3 Å². The van der Waals surface area contributed by atoms with E-state index in [1.54, 1.807) is 6.20 Å². The van der Waals surface area contributed by atoms with Crippen molar-refractivity contribution in [2.75, 3.05) is 6.54 Å². The van der Waals surface area contributed by atoms with Gasteiger partial charge in [-0.25, -0.2) is 4.98 Å². The van der Waals surface area contributed by atoms with Crippen molar-refractivity contribution in [3.63, 3.8) is 0 Å². The van der Waals surface area contributed by atoms with Crippen molar-refractivity contribution in [1.29, 1.82) is 0 Å². The minimum atomic E-state index is 0.593. The predicted octanol–water partition coefficient (Wildman–Crippen LogP) is 2.68. The lowest BCUT2D eigenvalue weighted by Crippen LogP contribution is -2.04. The highest BCUT2D eigenvalue weighted by Gasteiger charge is 2.05. The number of pyridine rings is 1. The molecule has 0 aliphatic heterocycles. The fourth-order valence-electron chi connectivity index (χ4n) is 1.65. The van der Waals surface area contributed by atoms with Gasteiger partial charge in [0, 0.05) is 11.8 Å². The Morgan fingerprint density at radius 1 is 1.24 bits per heavy atom. The Balaban J connectivity index is 2.23. The van der Waals surface area contributed by atoms with Crippen LogP contribution in [0, 0.1) is 6.92 Å². The highest BCUT2D eigenvalue weighted by molar-refractivity contribution is 5.34. The van der Waals surface area contributed by atoms with Crippen LogP contribution in [0.1, 0.15) is 11.1 Å². The van der Waals surface area contributed by atoms with E-state index < -0.39 is 0 Å². The monoisotopic (exact) mass is 228 g/mol. The summed E-state index contributed by atoms with van der Waals surface area (Å²) in [7, 11) is 0. The molecule has 0 saturated carbocycles. The van der Waals surface area contributed by atoms with Crippen LogP contribution in [0.2, 0.25) is 0 Å². The number of benzene rings is 1. The van der Waals surface area contributed by atoms with Gasteiger partial charge in [0.05, 0.1) is 0 Å². The fourth-order valence-corrected chi connectivity index (χ4v) is 1.65. The second-order valence-electron chi connectivity index (χ2n) is 3.92. The summed E-state index contributed by atoms with van der Waals surface area (Å²) in [6, 6.07) is 11.8. The smallest absolute Gasteiger partial charge is 0.222 e. The minimum Gasteiger partial charge on any atom is -0.439 e. The second kappa shape index (κ2) is 5.46. The van der Waals surface area contributed by atoms with Gasteiger partial charge >= 0.3 is 0 Å². The summed E-state index contributed by atoms with van der Waals surface area (Å²) < 4.78 is 5.78. The number of aromatic nitrogens is 1. The van der Waals surface area contributed by atoms with Crippen LogP contribution in [0.15, 0.2) is 42.6 Å². The van der Waals surface area contributed by atoms with Crippen LogP contribution in [0.5, 0.6) is 11.6 Å². The molecule has 2 aromatic rings. The average molecular weight is 228 g/mol. The molecule has 1 aromatic heterocycles. The van der Waals surface area contributed by atoms with Crippen molar-refractivity contribution in [3.05, 3.63) is 53.7 Å². The summed E-state index contributed by atoms with van der Waals surface area (Å²) in [6.45, 7) is 2.63. The van der Waals surface area contributed by atoms with Crippen molar-refractivity contribution >= 4 is 0 Å².